The number of benzene rings is 1. The van der Waals surface area contributed by atoms with Gasteiger partial charge in [0.05, 0.1) is 0 Å². The van der Waals surface area contributed by atoms with Gasteiger partial charge in [-0.15, -0.1) is 0 Å². The minimum atomic E-state index is 0.267. The Morgan fingerprint density at radius 2 is 1.96 bits per heavy atom. The van der Waals surface area contributed by atoms with E-state index in [1.165, 1.54) is 12.0 Å². The van der Waals surface area contributed by atoms with Gasteiger partial charge in [0.2, 0.25) is 5.91 Å². The van der Waals surface area contributed by atoms with Gasteiger partial charge in [0.25, 0.3) is 0 Å². The largest absolute Gasteiger partial charge is 0.356 e. The summed E-state index contributed by atoms with van der Waals surface area (Å²) in [5.41, 5.74) is 1.40. The molecule has 0 saturated carbocycles. The first-order valence-electron chi connectivity index (χ1n) is 9.95. The van der Waals surface area contributed by atoms with Gasteiger partial charge in [0.15, 0.2) is 5.96 Å². The van der Waals surface area contributed by atoms with Crippen molar-refractivity contribution in [1.82, 2.24) is 15.1 Å². The highest BCUT2D eigenvalue weighted by Crippen LogP contribution is 2.26. The van der Waals surface area contributed by atoms with Crippen LogP contribution in [-0.2, 0) is 4.79 Å². The van der Waals surface area contributed by atoms with Crippen LogP contribution in [0.25, 0.3) is 0 Å². The number of carbonyl (C=O) groups is 1. The number of hydrogen-bond acceptors (Lipinski definition) is 2. The molecule has 2 fully saturated rings. The molecule has 0 aromatic heterocycles. The summed E-state index contributed by atoms with van der Waals surface area (Å²) in [4.78, 5) is 21.2. The Bertz CT molecular complexity index is 616. The second-order valence-electron chi connectivity index (χ2n) is 7.65. The fourth-order valence-electron chi connectivity index (χ4n) is 4.14. The van der Waals surface area contributed by atoms with E-state index in [4.69, 9.17) is 0 Å². The van der Waals surface area contributed by atoms with Crippen LogP contribution in [0.2, 0.25) is 0 Å². The van der Waals surface area contributed by atoms with E-state index in [-0.39, 0.29) is 5.91 Å². The monoisotopic (exact) mass is 356 g/mol. The Morgan fingerprint density at radius 1 is 1.15 bits per heavy atom. The van der Waals surface area contributed by atoms with E-state index < -0.39 is 0 Å². The molecule has 0 bridgehead atoms. The van der Waals surface area contributed by atoms with Crippen LogP contribution in [0.3, 0.4) is 0 Å². The SMILES string of the molecule is CN=C(NCCC(=O)N1CCCC(C)C1)N1CCC(c2ccccc2)C1. The van der Waals surface area contributed by atoms with Gasteiger partial charge in [-0.3, -0.25) is 9.79 Å². The third-order valence-electron chi connectivity index (χ3n) is 5.60. The highest BCUT2D eigenvalue weighted by atomic mass is 16.2. The molecule has 142 valence electrons. The number of guanidine groups is 1. The van der Waals surface area contributed by atoms with Gasteiger partial charge in [-0.25, -0.2) is 0 Å². The molecule has 1 aromatic rings. The topological polar surface area (TPSA) is 47.9 Å². The standard InChI is InChI=1S/C21H32N4O/c1-17-7-6-13-24(15-17)20(26)10-12-23-21(22-2)25-14-11-19(16-25)18-8-4-3-5-9-18/h3-5,8-9,17,19H,6-7,10-16H2,1-2H3,(H,22,23). The van der Waals surface area contributed by atoms with Gasteiger partial charge in [0.1, 0.15) is 0 Å². The summed E-state index contributed by atoms with van der Waals surface area (Å²) in [6.07, 6.45) is 4.07. The average Bonchev–Trinajstić information content (AvgIpc) is 3.16. The van der Waals surface area contributed by atoms with Crippen molar-refractivity contribution in [2.75, 3.05) is 39.8 Å². The summed E-state index contributed by atoms with van der Waals surface area (Å²) in [5.74, 6) is 2.38. The average molecular weight is 357 g/mol. The van der Waals surface area contributed by atoms with Gasteiger partial charge in [0, 0.05) is 52.1 Å². The molecule has 2 unspecified atom stereocenters. The number of likely N-dealkylation sites (tertiary alicyclic amines) is 2. The molecule has 0 spiro atoms. The number of rotatable bonds is 4. The maximum Gasteiger partial charge on any atom is 0.224 e. The van der Waals surface area contributed by atoms with Gasteiger partial charge in [-0.05, 0) is 30.7 Å². The van der Waals surface area contributed by atoms with Crippen molar-refractivity contribution in [3.05, 3.63) is 35.9 Å². The molecule has 1 N–H and O–H groups in total. The fourth-order valence-corrected chi connectivity index (χ4v) is 4.14. The van der Waals surface area contributed by atoms with Crippen molar-refractivity contribution < 1.29 is 4.79 Å². The van der Waals surface area contributed by atoms with Crippen LogP contribution in [0.1, 0.15) is 44.1 Å². The molecule has 26 heavy (non-hydrogen) atoms. The minimum Gasteiger partial charge on any atom is -0.356 e. The molecule has 1 amide bonds. The Morgan fingerprint density at radius 3 is 2.69 bits per heavy atom. The number of amides is 1. The Kier molecular flexibility index (Phi) is 6.53. The maximum atomic E-state index is 12.4. The number of hydrogen-bond donors (Lipinski definition) is 1. The van der Waals surface area contributed by atoms with Gasteiger partial charge in [-0.2, -0.15) is 0 Å². The van der Waals surface area contributed by atoms with Crippen LogP contribution >= 0.6 is 0 Å². The molecule has 0 aliphatic carbocycles. The number of aliphatic imine (C=N–C) groups is 1. The highest BCUT2D eigenvalue weighted by molar-refractivity contribution is 5.81. The quantitative estimate of drug-likeness (QED) is 0.666. The van der Waals surface area contributed by atoms with Crippen molar-refractivity contribution in [1.29, 1.82) is 0 Å². The molecule has 2 saturated heterocycles. The minimum absolute atomic E-state index is 0.267. The summed E-state index contributed by atoms with van der Waals surface area (Å²) in [7, 11) is 1.83. The lowest BCUT2D eigenvalue weighted by atomic mass is 9.99. The molecular weight excluding hydrogens is 324 g/mol. The van der Waals surface area contributed by atoms with Crippen LogP contribution in [0.15, 0.2) is 35.3 Å². The molecule has 2 aliphatic rings. The van der Waals surface area contributed by atoms with Crippen molar-refractivity contribution in [2.45, 2.75) is 38.5 Å². The molecule has 2 heterocycles. The molecule has 0 radical (unpaired) electrons. The first-order valence-corrected chi connectivity index (χ1v) is 9.95. The van der Waals surface area contributed by atoms with Crippen LogP contribution < -0.4 is 5.32 Å². The van der Waals surface area contributed by atoms with Crippen LogP contribution in [0, 0.1) is 5.92 Å². The van der Waals surface area contributed by atoms with Crippen molar-refractivity contribution >= 4 is 11.9 Å². The first-order chi connectivity index (χ1) is 12.7. The normalized spacial score (nSPS) is 24.0. The summed E-state index contributed by atoms with van der Waals surface area (Å²) in [6, 6.07) is 10.7. The lowest BCUT2D eigenvalue weighted by Gasteiger charge is -2.31. The molecule has 2 aliphatic heterocycles. The predicted octanol–water partition coefficient (Wildman–Crippen LogP) is 2.70. The summed E-state index contributed by atoms with van der Waals surface area (Å²) in [5, 5.41) is 3.39. The molecule has 3 rings (SSSR count). The van der Waals surface area contributed by atoms with Gasteiger partial charge >= 0.3 is 0 Å². The number of nitrogens with one attached hydrogen (secondary N) is 1. The molecular formula is C21H32N4O. The molecule has 1 aromatic carbocycles. The van der Waals surface area contributed by atoms with Crippen LogP contribution in [-0.4, -0.2) is 61.4 Å². The zero-order valence-corrected chi connectivity index (χ0v) is 16.2. The first kappa shape index (κ1) is 18.7. The van der Waals surface area contributed by atoms with E-state index in [0.717, 1.165) is 45.0 Å². The number of piperidine rings is 1. The van der Waals surface area contributed by atoms with Crippen LogP contribution in [0.4, 0.5) is 0 Å². The number of carbonyl (C=O) groups excluding carboxylic acids is 1. The van der Waals surface area contributed by atoms with E-state index in [0.29, 0.717) is 24.8 Å². The smallest absolute Gasteiger partial charge is 0.224 e. The molecule has 5 heteroatoms. The summed E-state index contributed by atoms with van der Waals surface area (Å²) in [6.45, 7) is 6.72. The van der Waals surface area contributed by atoms with E-state index in [2.05, 4.69) is 52.5 Å². The zero-order valence-electron chi connectivity index (χ0n) is 16.2. The highest BCUT2D eigenvalue weighted by Gasteiger charge is 2.26. The maximum absolute atomic E-state index is 12.4. The Labute approximate surface area is 157 Å². The van der Waals surface area contributed by atoms with E-state index in [9.17, 15) is 4.79 Å². The Balaban J connectivity index is 1.44. The van der Waals surface area contributed by atoms with E-state index in [1.54, 1.807) is 0 Å². The van der Waals surface area contributed by atoms with Crippen LogP contribution in [0.5, 0.6) is 0 Å². The second kappa shape index (κ2) is 9.06. The van der Waals surface area contributed by atoms with Crippen molar-refractivity contribution in [3.8, 4) is 0 Å². The second-order valence-corrected chi connectivity index (χ2v) is 7.65. The van der Waals surface area contributed by atoms with E-state index in [1.807, 2.05) is 11.9 Å². The lowest BCUT2D eigenvalue weighted by molar-refractivity contribution is -0.132. The summed E-state index contributed by atoms with van der Waals surface area (Å²) >= 11 is 0. The summed E-state index contributed by atoms with van der Waals surface area (Å²) < 4.78 is 0. The lowest BCUT2D eigenvalue weighted by Crippen LogP contribution is -2.43. The van der Waals surface area contributed by atoms with E-state index >= 15 is 0 Å². The van der Waals surface area contributed by atoms with Crippen molar-refractivity contribution in [3.63, 3.8) is 0 Å². The zero-order chi connectivity index (χ0) is 18.4. The molecule has 2 atom stereocenters. The van der Waals surface area contributed by atoms with Crippen molar-refractivity contribution in [2.24, 2.45) is 10.9 Å². The fraction of sp³-hybridized carbons (Fsp3) is 0.619. The van der Waals surface area contributed by atoms with Gasteiger partial charge in [-0.1, -0.05) is 37.3 Å². The molecule has 5 nitrogen and oxygen atoms in total. The third kappa shape index (κ3) is 4.77. The third-order valence-corrected chi connectivity index (χ3v) is 5.60. The number of nitrogens with zero attached hydrogens (tertiary/aromatic N) is 3. The Hall–Kier alpha value is -2.04. The van der Waals surface area contributed by atoms with Gasteiger partial charge < -0.3 is 15.1 Å². The predicted molar refractivity (Wildman–Crippen MR) is 106 cm³/mol.